The molecule has 3 rings (SSSR count). The summed E-state index contributed by atoms with van der Waals surface area (Å²) in [5.74, 6) is 1.73. The minimum Gasteiger partial charge on any atom is -0.494 e. The minimum absolute atomic E-state index is 0.0262. The van der Waals surface area contributed by atoms with Crippen LogP contribution >= 0.6 is 0 Å². The average Bonchev–Trinajstić information content (AvgIpc) is 2.73. The monoisotopic (exact) mass is 442 g/mol. The van der Waals surface area contributed by atoms with Crippen LogP contribution in [0.4, 0.5) is 5.95 Å². The van der Waals surface area contributed by atoms with E-state index in [4.69, 9.17) is 14.7 Å². The number of anilines is 1. The Bertz CT molecular complexity index is 917. The zero-order valence-electron chi connectivity index (χ0n) is 20.1. The number of ether oxygens (including phenoxy) is 1. The summed E-state index contributed by atoms with van der Waals surface area (Å²) in [6.45, 7) is 11.8. The molecule has 7 heteroatoms. The molecule has 1 unspecified atom stereocenters. The van der Waals surface area contributed by atoms with Crippen molar-refractivity contribution in [1.82, 2.24) is 15.3 Å². The van der Waals surface area contributed by atoms with Crippen LogP contribution in [0.2, 0.25) is 0 Å². The van der Waals surface area contributed by atoms with E-state index in [-0.39, 0.29) is 17.9 Å². The fourth-order valence-electron chi connectivity index (χ4n) is 4.26. The van der Waals surface area contributed by atoms with Crippen molar-refractivity contribution in [3.8, 4) is 5.75 Å². The molecule has 2 N–H and O–H groups in total. The lowest BCUT2D eigenvalue weighted by atomic mass is 9.95. The van der Waals surface area contributed by atoms with Crippen LogP contribution in [0.1, 0.15) is 65.5 Å². The first-order valence-corrected chi connectivity index (χ1v) is 11.8. The first kappa shape index (κ1) is 24.2. The van der Waals surface area contributed by atoms with Crippen molar-refractivity contribution in [2.24, 2.45) is 5.92 Å². The molecule has 1 amide bonds. The maximum Gasteiger partial charge on any atom is 0.226 e. The maximum absolute atomic E-state index is 12.7. The molecule has 1 fully saturated rings. The molecule has 32 heavy (non-hydrogen) atoms. The number of hydrogen-bond donors (Lipinski definition) is 2. The van der Waals surface area contributed by atoms with Crippen molar-refractivity contribution in [2.75, 3.05) is 24.6 Å². The van der Waals surface area contributed by atoms with E-state index in [9.17, 15) is 9.90 Å². The highest BCUT2D eigenvalue weighted by Gasteiger charge is 2.27. The van der Waals surface area contributed by atoms with Crippen molar-refractivity contribution < 1.29 is 14.6 Å². The highest BCUT2D eigenvalue weighted by Crippen LogP contribution is 2.26. The summed E-state index contributed by atoms with van der Waals surface area (Å²) in [5, 5.41) is 14.0. The van der Waals surface area contributed by atoms with Gasteiger partial charge in [0, 0.05) is 30.4 Å². The molecular formula is C25H38N4O3. The van der Waals surface area contributed by atoms with Gasteiger partial charge in [0.25, 0.3) is 0 Å². The third-order valence-electron chi connectivity index (χ3n) is 6.12. The second kappa shape index (κ2) is 10.5. The summed E-state index contributed by atoms with van der Waals surface area (Å²) in [5.41, 5.74) is 1.20. The van der Waals surface area contributed by atoms with Gasteiger partial charge in [-0.3, -0.25) is 4.79 Å². The number of rotatable bonds is 9. The quantitative estimate of drug-likeness (QED) is 0.610. The van der Waals surface area contributed by atoms with Crippen LogP contribution in [0, 0.1) is 12.8 Å². The van der Waals surface area contributed by atoms with Crippen LogP contribution < -0.4 is 15.0 Å². The molecule has 1 aromatic carbocycles. The van der Waals surface area contributed by atoms with Crippen LogP contribution in [0.15, 0.2) is 18.2 Å². The number of aromatic nitrogens is 2. The molecule has 176 valence electrons. The van der Waals surface area contributed by atoms with E-state index in [1.165, 1.54) is 0 Å². The zero-order valence-corrected chi connectivity index (χ0v) is 20.1. The van der Waals surface area contributed by atoms with Gasteiger partial charge < -0.3 is 20.1 Å². The lowest BCUT2D eigenvalue weighted by Gasteiger charge is -2.32. The number of aryl methyl sites for hydroxylation is 1. The molecule has 1 aliphatic heterocycles. The van der Waals surface area contributed by atoms with Gasteiger partial charge in [0.15, 0.2) is 0 Å². The van der Waals surface area contributed by atoms with Crippen LogP contribution in [0.25, 0.3) is 10.9 Å². The van der Waals surface area contributed by atoms with Gasteiger partial charge >= 0.3 is 0 Å². The molecule has 0 radical (unpaired) electrons. The third-order valence-corrected chi connectivity index (χ3v) is 6.12. The highest BCUT2D eigenvalue weighted by molar-refractivity contribution is 5.83. The number of carbonyl (C=O) groups excluding carboxylic acids is 1. The number of benzene rings is 1. The summed E-state index contributed by atoms with van der Waals surface area (Å²) in [4.78, 5) is 24.4. The van der Waals surface area contributed by atoms with Gasteiger partial charge in [-0.1, -0.05) is 0 Å². The van der Waals surface area contributed by atoms with E-state index in [1.54, 1.807) is 0 Å². The second-order valence-corrected chi connectivity index (χ2v) is 9.60. The molecule has 0 aliphatic carbocycles. The Morgan fingerprint density at radius 3 is 2.69 bits per heavy atom. The Hall–Kier alpha value is -2.41. The largest absolute Gasteiger partial charge is 0.494 e. The predicted molar refractivity (Wildman–Crippen MR) is 128 cm³/mol. The van der Waals surface area contributed by atoms with E-state index in [0.29, 0.717) is 6.61 Å². The number of amides is 1. The highest BCUT2D eigenvalue weighted by atomic mass is 16.5. The molecule has 1 aliphatic rings. The van der Waals surface area contributed by atoms with Gasteiger partial charge in [-0.15, -0.1) is 0 Å². The van der Waals surface area contributed by atoms with Crippen LogP contribution in [-0.2, 0) is 4.79 Å². The molecule has 1 saturated heterocycles. The summed E-state index contributed by atoms with van der Waals surface area (Å²) in [6.07, 6.45) is 4.11. The number of carbonyl (C=O) groups is 1. The van der Waals surface area contributed by atoms with Gasteiger partial charge in [0.05, 0.1) is 23.4 Å². The Morgan fingerprint density at radius 2 is 2.03 bits per heavy atom. The Labute approximate surface area is 191 Å². The predicted octanol–water partition coefficient (Wildman–Crippen LogP) is 4.00. The number of fused-ring (bicyclic) bond motifs is 1. The van der Waals surface area contributed by atoms with Gasteiger partial charge in [-0.05, 0) is 84.9 Å². The standard InChI is InChI=1S/C25H38N4O3/c1-6-32-20-9-10-22-21(16-20)18(3)27-24(28-22)29-14-11-19(12-15-29)23(30)26-17(2)8-7-13-25(4,5)31/h9-10,16-17,19,31H,6-8,11-15H2,1-5H3,(H,26,30). The normalized spacial score (nSPS) is 16.2. The third kappa shape index (κ3) is 6.55. The average molecular weight is 443 g/mol. The van der Waals surface area contributed by atoms with Crippen molar-refractivity contribution >= 4 is 22.8 Å². The van der Waals surface area contributed by atoms with Gasteiger partial charge in [0.2, 0.25) is 11.9 Å². The lowest BCUT2D eigenvalue weighted by Crippen LogP contribution is -2.43. The smallest absolute Gasteiger partial charge is 0.226 e. The van der Waals surface area contributed by atoms with E-state index < -0.39 is 5.60 Å². The number of hydrogen-bond acceptors (Lipinski definition) is 6. The van der Waals surface area contributed by atoms with Gasteiger partial charge in [-0.25, -0.2) is 9.97 Å². The molecule has 2 aromatic rings. The molecular weight excluding hydrogens is 404 g/mol. The number of nitrogens with one attached hydrogen (secondary N) is 1. The maximum atomic E-state index is 12.7. The van der Waals surface area contributed by atoms with Crippen LogP contribution in [-0.4, -0.2) is 52.3 Å². The minimum atomic E-state index is -0.647. The van der Waals surface area contributed by atoms with E-state index >= 15 is 0 Å². The summed E-state index contributed by atoms with van der Waals surface area (Å²) >= 11 is 0. The molecule has 1 atom stereocenters. The van der Waals surface area contributed by atoms with Crippen molar-refractivity contribution in [2.45, 2.75) is 78.4 Å². The van der Waals surface area contributed by atoms with Crippen LogP contribution in [0.3, 0.4) is 0 Å². The topological polar surface area (TPSA) is 87.6 Å². The molecule has 7 nitrogen and oxygen atoms in total. The first-order valence-electron chi connectivity index (χ1n) is 11.8. The van der Waals surface area contributed by atoms with Crippen molar-refractivity contribution in [3.05, 3.63) is 23.9 Å². The van der Waals surface area contributed by atoms with E-state index in [1.807, 2.05) is 52.8 Å². The molecule has 0 spiro atoms. The second-order valence-electron chi connectivity index (χ2n) is 9.60. The molecule has 1 aromatic heterocycles. The lowest BCUT2D eigenvalue weighted by molar-refractivity contribution is -0.126. The Kier molecular flexibility index (Phi) is 7.93. The Morgan fingerprint density at radius 1 is 1.31 bits per heavy atom. The van der Waals surface area contributed by atoms with Crippen molar-refractivity contribution in [3.63, 3.8) is 0 Å². The number of nitrogens with zero attached hydrogens (tertiary/aromatic N) is 3. The molecule has 2 heterocycles. The Balaban J connectivity index is 1.54. The van der Waals surface area contributed by atoms with Gasteiger partial charge in [-0.2, -0.15) is 0 Å². The fourth-order valence-corrected chi connectivity index (χ4v) is 4.26. The van der Waals surface area contributed by atoms with E-state index in [2.05, 4.69) is 10.2 Å². The molecule has 0 saturated carbocycles. The van der Waals surface area contributed by atoms with Crippen LogP contribution in [0.5, 0.6) is 5.75 Å². The van der Waals surface area contributed by atoms with Gasteiger partial charge in [0.1, 0.15) is 5.75 Å². The SMILES string of the molecule is CCOc1ccc2nc(N3CCC(C(=O)NC(C)CCCC(C)(C)O)CC3)nc(C)c2c1. The zero-order chi connectivity index (χ0) is 23.3. The number of aliphatic hydroxyl groups is 1. The fraction of sp³-hybridized carbons (Fsp3) is 0.640. The van der Waals surface area contributed by atoms with Crippen molar-refractivity contribution in [1.29, 1.82) is 0 Å². The summed E-state index contributed by atoms with van der Waals surface area (Å²) < 4.78 is 5.60. The first-order chi connectivity index (χ1) is 15.2. The molecule has 0 bridgehead atoms. The summed E-state index contributed by atoms with van der Waals surface area (Å²) in [6, 6.07) is 6.05. The van der Waals surface area contributed by atoms with E-state index in [0.717, 1.165) is 73.5 Å². The summed E-state index contributed by atoms with van der Waals surface area (Å²) in [7, 11) is 0. The number of piperidine rings is 1.